The van der Waals surface area contributed by atoms with Crippen molar-refractivity contribution in [3.63, 3.8) is 0 Å². The molecule has 4 rings (SSSR count). The topological polar surface area (TPSA) is 43.8 Å². The van der Waals surface area contributed by atoms with E-state index in [0.29, 0.717) is 4.99 Å². The summed E-state index contributed by atoms with van der Waals surface area (Å²) in [5.74, 6) is 0. The molecule has 2 N–H and O–H groups in total. The molecule has 0 saturated heterocycles. The molecule has 3 nitrogen and oxygen atoms in total. The maximum absolute atomic E-state index is 5.64. The predicted molar refractivity (Wildman–Crippen MR) is 131 cm³/mol. The zero-order chi connectivity index (χ0) is 21.5. The van der Waals surface area contributed by atoms with E-state index in [-0.39, 0.29) is 0 Å². The van der Waals surface area contributed by atoms with Crippen LogP contribution in [0.5, 0.6) is 0 Å². The van der Waals surface area contributed by atoms with Gasteiger partial charge in [-0.25, -0.2) is 4.98 Å². The van der Waals surface area contributed by atoms with Gasteiger partial charge in [0.05, 0.1) is 17.0 Å². The molecular formula is C27H27N3S. The number of unbranched alkanes of at least 4 members (excludes halogenated alkanes) is 1. The van der Waals surface area contributed by atoms with E-state index < -0.39 is 5.54 Å². The summed E-state index contributed by atoms with van der Waals surface area (Å²) in [6.07, 6.45) is 7.86. The Kier molecular flexibility index (Phi) is 6.58. The highest BCUT2D eigenvalue weighted by atomic mass is 32.1. The Morgan fingerprint density at radius 2 is 1.26 bits per heavy atom. The van der Waals surface area contributed by atoms with Gasteiger partial charge in [-0.2, -0.15) is 0 Å². The molecule has 0 bridgehead atoms. The summed E-state index contributed by atoms with van der Waals surface area (Å²) in [5, 5.41) is 0. The third-order valence-corrected chi connectivity index (χ3v) is 5.91. The van der Waals surface area contributed by atoms with E-state index in [0.717, 1.165) is 31.4 Å². The number of hydrogen-bond acceptors (Lipinski definition) is 2. The highest BCUT2D eigenvalue weighted by Gasteiger charge is 2.38. The lowest BCUT2D eigenvalue weighted by Gasteiger charge is -2.37. The Labute approximate surface area is 189 Å². The quantitative estimate of drug-likeness (QED) is 0.212. The maximum Gasteiger partial charge on any atom is 0.121 e. The monoisotopic (exact) mass is 425 g/mol. The number of nitrogens with zero attached hydrogens (tertiary/aromatic N) is 2. The summed E-state index contributed by atoms with van der Waals surface area (Å²) in [7, 11) is 0. The van der Waals surface area contributed by atoms with E-state index in [4.69, 9.17) is 22.9 Å². The molecule has 4 aromatic rings. The Morgan fingerprint density at radius 3 is 1.71 bits per heavy atom. The van der Waals surface area contributed by atoms with E-state index in [1.165, 1.54) is 16.7 Å². The number of rotatable bonds is 9. The van der Waals surface area contributed by atoms with Crippen molar-refractivity contribution < 1.29 is 0 Å². The predicted octanol–water partition coefficient (Wildman–Crippen LogP) is 5.72. The number of benzene rings is 3. The highest BCUT2D eigenvalue weighted by Crippen LogP contribution is 2.40. The molecule has 0 aliphatic rings. The van der Waals surface area contributed by atoms with Crippen LogP contribution in [0.3, 0.4) is 0 Å². The number of hydrogen-bond donors (Lipinski definition) is 1. The molecule has 0 spiro atoms. The van der Waals surface area contributed by atoms with Gasteiger partial charge >= 0.3 is 0 Å². The summed E-state index contributed by atoms with van der Waals surface area (Å²) < 4.78 is 2.26. The third-order valence-electron chi connectivity index (χ3n) is 5.70. The molecule has 0 atom stereocenters. The highest BCUT2D eigenvalue weighted by molar-refractivity contribution is 7.80. The minimum absolute atomic E-state index is 0.506. The van der Waals surface area contributed by atoms with Crippen molar-refractivity contribution in [1.29, 1.82) is 0 Å². The second-order valence-electron chi connectivity index (χ2n) is 7.75. The second-order valence-corrected chi connectivity index (χ2v) is 8.28. The molecule has 0 aliphatic carbocycles. The summed E-state index contributed by atoms with van der Waals surface area (Å²) in [4.78, 5) is 5.36. The molecule has 156 valence electrons. The van der Waals surface area contributed by atoms with E-state index >= 15 is 0 Å². The Hall–Kier alpha value is -3.24. The van der Waals surface area contributed by atoms with Crippen LogP contribution in [0.25, 0.3) is 0 Å². The molecule has 1 heterocycles. The van der Waals surface area contributed by atoms with Crippen LogP contribution in [0, 0.1) is 0 Å². The first-order valence-electron chi connectivity index (χ1n) is 10.7. The lowest BCUT2D eigenvalue weighted by molar-refractivity contribution is 0.514. The van der Waals surface area contributed by atoms with Crippen molar-refractivity contribution in [2.24, 2.45) is 5.73 Å². The van der Waals surface area contributed by atoms with Crippen LogP contribution in [0.15, 0.2) is 104 Å². The summed E-state index contributed by atoms with van der Waals surface area (Å²) in [6.45, 7) is 0. The van der Waals surface area contributed by atoms with Crippen molar-refractivity contribution in [1.82, 2.24) is 9.55 Å². The van der Waals surface area contributed by atoms with E-state index in [9.17, 15) is 0 Å². The van der Waals surface area contributed by atoms with Gasteiger partial charge < -0.3 is 10.3 Å². The first-order valence-corrected chi connectivity index (χ1v) is 11.1. The van der Waals surface area contributed by atoms with Gasteiger partial charge in [0.1, 0.15) is 5.54 Å². The zero-order valence-corrected chi connectivity index (χ0v) is 18.3. The minimum atomic E-state index is -0.506. The molecule has 31 heavy (non-hydrogen) atoms. The van der Waals surface area contributed by atoms with Crippen LogP contribution >= 0.6 is 12.2 Å². The molecule has 0 amide bonds. The van der Waals surface area contributed by atoms with Crippen molar-refractivity contribution in [3.05, 3.63) is 126 Å². The largest absolute Gasteiger partial charge is 0.393 e. The smallest absolute Gasteiger partial charge is 0.121 e. The summed E-state index contributed by atoms with van der Waals surface area (Å²) in [5.41, 5.74) is 9.81. The number of aryl methyl sites for hydroxylation is 1. The van der Waals surface area contributed by atoms with Crippen molar-refractivity contribution >= 4 is 17.2 Å². The Balaban J connectivity index is 1.83. The maximum atomic E-state index is 5.64. The lowest BCUT2D eigenvalue weighted by atomic mass is 9.77. The first-order chi connectivity index (χ1) is 15.2. The van der Waals surface area contributed by atoms with Gasteiger partial charge in [-0.05, 0) is 42.4 Å². The van der Waals surface area contributed by atoms with Crippen LogP contribution in [0.2, 0.25) is 0 Å². The number of nitrogens with two attached hydrogens (primary N) is 1. The van der Waals surface area contributed by atoms with Crippen molar-refractivity contribution in [2.45, 2.75) is 31.2 Å². The Bertz CT molecular complexity index is 1010. The molecule has 4 heteroatoms. The standard InChI is InChI=1S/C27H27N3S/c28-26(31)19-11-10-18-25-20-30(21-29-25)27(22-12-4-1-5-13-22,23-14-6-2-7-15-23)24-16-8-3-9-17-24/h1-9,12-17,20-21H,10-11,18-19H2,(H2,28,31). The fraction of sp³-hybridized carbons (Fsp3) is 0.185. The first kappa shape index (κ1) is 21.0. The number of aromatic nitrogens is 2. The summed E-state index contributed by atoms with van der Waals surface area (Å²) in [6, 6.07) is 32.0. The Morgan fingerprint density at radius 1 is 0.774 bits per heavy atom. The van der Waals surface area contributed by atoms with Crippen molar-refractivity contribution in [2.75, 3.05) is 0 Å². The van der Waals surface area contributed by atoms with Crippen LogP contribution in [-0.4, -0.2) is 14.5 Å². The lowest BCUT2D eigenvalue weighted by Crippen LogP contribution is -2.36. The minimum Gasteiger partial charge on any atom is -0.393 e. The van der Waals surface area contributed by atoms with E-state index in [2.05, 4.69) is 102 Å². The molecule has 0 aliphatic heterocycles. The van der Waals surface area contributed by atoms with Crippen LogP contribution in [0.4, 0.5) is 0 Å². The molecular weight excluding hydrogens is 398 g/mol. The number of thiocarbonyl (C=S) groups is 1. The molecule has 1 aromatic heterocycles. The SMILES string of the molecule is NC(=S)CCCCc1cn(C(c2ccccc2)(c2ccccc2)c2ccccc2)cn1. The normalized spacial score (nSPS) is 11.4. The second kappa shape index (κ2) is 9.71. The third kappa shape index (κ3) is 4.44. The molecule has 0 saturated carbocycles. The molecule has 3 aromatic carbocycles. The van der Waals surface area contributed by atoms with Gasteiger partial charge in [0.15, 0.2) is 0 Å². The van der Waals surface area contributed by atoms with Gasteiger partial charge in [-0.15, -0.1) is 0 Å². The van der Waals surface area contributed by atoms with Gasteiger partial charge in [0, 0.05) is 6.20 Å². The van der Waals surface area contributed by atoms with Gasteiger partial charge in [0.2, 0.25) is 0 Å². The molecule has 0 radical (unpaired) electrons. The fourth-order valence-corrected chi connectivity index (χ4v) is 4.41. The molecule has 0 fully saturated rings. The average Bonchev–Trinajstić information content (AvgIpc) is 3.28. The zero-order valence-electron chi connectivity index (χ0n) is 17.5. The van der Waals surface area contributed by atoms with Crippen molar-refractivity contribution in [3.8, 4) is 0 Å². The van der Waals surface area contributed by atoms with E-state index in [1.54, 1.807) is 0 Å². The fourth-order valence-electron chi connectivity index (χ4n) is 4.27. The van der Waals surface area contributed by atoms with Gasteiger partial charge in [0.25, 0.3) is 0 Å². The van der Waals surface area contributed by atoms with Gasteiger partial charge in [-0.3, -0.25) is 0 Å². The van der Waals surface area contributed by atoms with Crippen LogP contribution < -0.4 is 5.73 Å². The summed E-state index contributed by atoms with van der Waals surface area (Å²) >= 11 is 5.00. The van der Waals surface area contributed by atoms with Crippen LogP contribution in [-0.2, 0) is 12.0 Å². The van der Waals surface area contributed by atoms with Gasteiger partial charge in [-0.1, -0.05) is 103 Å². The number of imidazole rings is 1. The van der Waals surface area contributed by atoms with Crippen LogP contribution in [0.1, 0.15) is 41.6 Å². The molecule has 0 unspecified atom stereocenters. The average molecular weight is 426 g/mol. The van der Waals surface area contributed by atoms with E-state index in [1.807, 2.05) is 6.33 Å².